The topological polar surface area (TPSA) is 74.8 Å². The zero-order valence-electron chi connectivity index (χ0n) is 13.5. The summed E-state index contributed by atoms with van der Waals surface area (Å²) >= 11 is 3.02. The Kier molecular flexibility index (Phi) is 4.15. The molecule has 4 bridgehead atoms. The molecular formula is C16H20N2O4S2. The Morgan fingerprint density at radius 1 is 0.792 bits per heavy atom. The van der Waals surface area contributed by atoms with Crippen LogP contribution >= 0.6 is 23.5 Å². The van der Waals surface area contributed by atoms with Crippen molar-refractivity contribution in [2.75, 3.05) is 11.5 Å². The molecule has 0 aromatic rings. The van der Waals surface area contributed by atoms with Crippen molar-refractivity contribution in [1.29, 1.82) is 0 Å². The number of fused-ring (bicyclic) bond motifs is 7. The fourth-order valence-electron chi connectivity index (χ4n) is 4.37. The van der Waals surface area contributed by atoms with E-state index in [9.17, 15) is 19.2 Å². The molecule has 4 amide bonds. The zero-order chi connectivity index (χ0) is 17.0. The van der Waals surface area contributed by atoms with Gasteiger partial charge in [0.05, 0.1) is 22.6 Å². The van der Waals surface area contributed by atoms with E-state index in [4.69, 9.17) is 0 Å². The molecule has 1 saturated carbocycles. The van der Waals surface area contributed by atoms with Crippen LogP contribution in [0.15, 0.2) is 0 Å². The van der Waals surface area contributed by atoms with Crippen LogP contribution in [-0.4, -0.2) is 67.5 Å². The standard InChI is InChI=1S/C16H20N2O4S2/c1-8-4-9-10(5-8)18-14(20)7-12(16(18)22)24-3-2-23-11-6-13(19)17(9)15(11)21/h8-12H,2-7H2,1H3. The van der Waals surface area contributed by atoms with E-state index in [0.29, 0.717) is 24.3 Å². The number of carbonyl (C=O) groups is 4. The number of amides is 4. The molecule has 4 fully saturated rings. The molecule has 0 N–H and O–H groups in total. The monoisotopic (exact) mass is 368 g/mol. The summed E-state index contributed by atoms with van der Waals surface area (Å²) in [5.74, 6) is 1.15. The van der Waals surface area contributed by atoms with E-state index in [2.05, 4.69) is 6.92 Å². The first-order valence-corrected chi connectivity index (χ1v) is 10.5. The molecule has 130 valence electrons. The van der Waals surface area contributed by atoms with Crippen LogP contribution < -0.4 is 0 Å². The Bertz CT molecular complexity index is 573. The summed E-state index contributed by atoms with van der Waals surface area (Å²) < 4.78 is 0. The van der Waals surface area contributed by atoms with Crippen molar-refractivity contribution in [2.45, 2.75) is 55.2 Å². The molecule has 0 spiro atoms. The van der Waals surface area contributed by atoms with Crippen LogP contribution in [0.3, 0.4) is 0 Å². The van der Waals surface area contributed by atoms with Crippen LogP contribution in [-0.2, 0) is 19.2 Å². The quantitative estimate of drug-likeness (QED) is 0.591. The molecule has 4 aliphatic rings. The van der Waals surface area contributed by atoms with Crippen molar-refractivity contribution < 1.29 is 19.2 Å². The summed E-state index contributed by atoms with van der Waals surface area (Å²) in [6, 6.07) is -0.691. The Morgan fingerprint density at radius 3 is 1.62 bits per heavy atom. The second-order valence-electron chi connectivity index (χ2n) is 7.04. The lowest BCUT2D eigenvalue weighted by Crippen LogP contribution is -2.53. The lowest BCUT2D eigenvalue weighted by molar-refractivity contribution is -0.149. The van der Waals surface area contributed by atoms with Crippen LogP contribution in [0, 0.1) is 5.92 Å². The van der Waals surface area contributed by atoms with E-state index < -0.39 is 0 Å². The molecule has 0 aromatic heterocycles. The molecule has 4 rings (SSSR count). The van der Waals surface area contributed by atoms with Gasteiger partial charge < -0.3 is 0 Å². The van der Waals surface area contributed by atoms with Crippen molar-refractivity contribution in [3.63, 3.8) is 0 Å². The van der Waals surface area contributed by atoms with Crippen LogP contribution in [0.2, 0.25) is 0 Å². The first-order valence-electron chi connectivity index (χ1n) is 8.42. The molecule has 3 heterocycles. The average molecular weight is 368 g/mol. The SMILES string of the molecule is CC1CC2C(C1)N1C(=O)CC(SCCSC3CC(=O)N2C3=O)C1=O. The fraction of sp³-hybridized carbons (Fsp3) is 0.750. The third kappa shape index (κ3) is 2.49. The van der Waals surface area contributed by atoms with Gasteiger partial charge in [0.2, 0.25) is 23.6 Å². The van der Waals surface area contributed by atoms with E-state index >= 15 is 0 Å². The van der Waals surface area contributed by atoms with E-state index in [1.54, 1.807) is 0 Å². The van der Waals surface area contributed by atoms with Gasteiger partial charge in [-0.2, -0.15) is 0 Å². The van der Waals surface area contributed by atoms with Crippen LogP contribution in [0.4, 0.5) is 0 Å². The van der Waals surface area contributed by atoms with Gasteiger partial charge in [-0.25, -0.2) is 0 Å². The number of nitrogens with zero attached hydrogens (tertiary/aromatic N) is 2. The Balaban J connectivity index is 1.73. The van der Waals surface area contributed by atoms with E-state index in [0.717, 1.165) is 0 Å². The summed E-state index contributed by atoms with van der Waals surface area (Å²) in [4.78, 5) is 53.2. The summed E-state index contributed by atoms with van der Waals surface area (Å²) in [6.45, 7) is 2.06. The Labute approximate surface area is 149 Å². The van der Waals surface area contributed by atoms with Gasteiger partial charge >= 0.3 is 0 Å². The molecule has 3 aliphatic heterocycles. The van der Waals surface area contributed by atoms with Crippen molar-refractivity contribution in [1.82, 2.24) is 9.80 Å². The second-order valence-corrected chi connectivity index (χ2v) is 9.66. The minimum absolute atomic E-state index is 0.129. The number of hydrogen-bond donors (Lipinski definition) is 0. The predicted molar refractivity (Wildman–Crippen MR) is 91.4 cm³/mol. The van der Waals surface area contributed by atoms with Crippen molar-refractivity contribution in [3.8, 4) is 0 Å². The highest BCUT2D eigenvalue weighted by Gasteiger charge is 2.53. The van der Waals surface area contributed by atoms with E-state index in [1.165, 1.54) is 33.3 Å². The maximum absolute atomic E-state index is 12.7. The predicted octanol–water partition coefficient (Wildman–Crippen LogP) is 0.888. The maximum atomic E-state index is 12.7. The normalized spacial score (nSPS) is 40.0. The molecule has 8 heteroatoms. The van der Waals surface area contributed by atoms with E-state index in [1.807, 2.05) is 0 Å². The Hall–Kier alpha value is -1.02. The van der Waals surface area contributed by atoms with Crippen LogP contribution in [0.1, 0.15) is 32.6 Å². The maximum Gasteiger partial charge on any atom is 0.243 e. The van der Waals surface area contributed by atoms with Crippen molar-refractivity contribution >= 4 is 47.2 Å². The molecule has 0 radical (unpaired) electrons. The summed E-state index contributed by atoms with van der Waals surface area (Å²) in [5, 5.41) is -0.596. The molecule has 3 saturated heterocycles. The summed E-state index contributed by atoms with van der Waals surface area (Å²) in [5.41, 5.74) is 0. The molecule has 1 aliphatic carbocycles. The zero-order valence-corrected chi connectivity index (χ0v) is 15.1. The largest absolute Gasteiger partial charge is 0.276 e. The van der Waals surface area contributed by atoms with Gasteiger partial charge in [-0.3, -0.25) is 29.0 Å². The van der Waals surface area contributed by atoms with E-state index in [-0.39, 0.29) is 65.0 Å². The third-order valence-electron chi connectivity index (χ3n) is 5.40. The third-order valence-corrected chi connectivity index (χ3v) is 8.08. The van der Waals surface area contributed by atoms with Gasteiger partial charge in [0.25, 0.3) is 0 Å². The summed E-state index contributed by atoms with van der Waals surface area (Å²) in [7, 11) is 0. The lowest BCUT2D eigenvalue weighted by Gasteiger charge is -2.33. The van der Waals surface area contributed by atoms with Crippen LogP contribution in [0.5, 0.6) is 0 Å². The van der Waals surface area contributed by atoms with Crippen molar-refractivity contribution in [3.05, 3.63) is 0 Å². The highest BCUT2D eigenvalue weighted by molar-refractivity contribution is 8.04. The highest BCUT2D eigenvalue weighted by Crippen LogP contribution is 2.41. The average Bonchev–Trinajstić information content (AvgIpc) is 3.10. The number of hydrogen-bond acceptors (Lipinski definition) is 6. The van der Waals surface area contributed by atoms with Crippen molar-refractivity contribution in [2.24, 2.45) is 5.92 Å². The molecule has 4 atom stereocenters. The number of carbonyl (C=O) groups excluding carboxylic acids is 4. The smallest absolute Gasteiger partial charge is 0.243 e. The highest BCUT2D eigenvalue weighted by atomic mass is 32.2. The van der Waals surface area contributed by atoms with Gasteiger partial charge in [-0.1, -0.05) is 6.92 Å². The number of rotatable bonds is 0. The van der Waals surface area contributed by atoms with Gasteiger partial charge in [0.15, 0.2) is 0 Å². The Morgan fingerprint density at radius 2 is 1.21 bits per heavy atom. The molecular weight excluding hydrogens is 348 g/mol. The van der Waals surface area contributed by atoms with Gasteiger partial charge in [0, 0.05) is 24.3 Å². The molecule has 6 nitrogen and oxygen atoms in total. The minimum atomic E-state index is -0.346. The van der Waals surface area contributed by atoms with Gasteiger partial charge in [0.1, 0.15) is 0 Å². The van der Waals surface area contributed by atoms with Gasteiger partial charge in [-0.15, -0.1) is 23.5 Å². The number of imide groups is 2. The molecule has 24 heavy (non-hydrogen) atoms. The van der Waals surface area contributed by atoms with Crippen LogP contribution in [0.25, 0.3) is 0 Å². The first kappa shape index (κ1) is 16.4. The first-order chi connectivity index (χ1) is 11.5. The second kappa shape index (κ2) is 6.05. The van der Waals surface area contributed by atoms with Gasteiger partial charge in [-0.05, 0) is 18.8 Å². The lowest BCUT2D eigenvalue weighted by atomic mass is 10.1. The summed E-state index contributed by atoms with van der Waals surface area (Å²) in [6.07, 6.45) is 1.84. The fourth-order valence-corrected chi connectivity index (χ4v) is 6.74. The minimum Gasteiger partial charge on any atom is -0.276 e. The molecule has 4 unspecified atom stereocenters. The molecule has 0 aromatic carbocycles. The number of thioether (sulfide) groups is 2.